The maximum absolute atomic E-state index is 13.6. The molecule has 2 aliphatic rings. The smallest absolute Gasteiger partial charge is 0.255 e. The number of aliphatic hydroxyl groups is 3. The SMILES string of the molecule is C[C@H]1CC2C[C@@H](S(=O)(=O)c3cc(C(=O)Nc4ccc(F)c(F)c4)ccc3Cl)CC1[C@@]2(O)[C@H](O)CO. The molecule has 6 atom stereocenters. The first kappa shape index (κ1) is 26.0. The number of fused-ring (bicyclic) bond motifs is 2. The number of anilines is 1. The van der Waals surface area contributed by atoms with Gasteiger partial charge in [0.2, 0.25) is 0 Å². The third-order valence-corrected chi connectivity index (χ3v) is 10.1. The average Bonchev–Trinajstić information content (AvgIpc) is 2.94. The minimum Gasteiger partial charge on any atom is -0.394 e. The standard InChI is InChI=1S/C24H26ClF2NO6S/c1-12-6-14-8-16(10-17(12)24(14,32)22(30)11-29)35(33,34)21-7-13(2-4-18(21)25)23(31)28-15-3-5-19(26)20(27)9-15/h2-5,7,9,12,14,16-17,22,29-30,32H,6,8,10-11H2,1H3,(H,28,31)/t12-,14?,16+,17?,22+,24+/m0/s1. The number of aliphatic hydroxyl groups excluding tert-OH is 2. The lowest BCUT2D eigenvalue weighted by Gasteiger charge is -2.45. The molecule has 4 N–H and O–H groups in total. The number of carbonyl (C=O) groups is 1. The van der Waals surface area contributed by atoms with E-state index in [1.165, 1.54) is 18.2 Å². The van der Waals surface area contributed by atoms with Gasteiger partial charge in [-0.05, 0) is 67.3 Å². The molecule has 0 radical (unpaired) electrons. The fraction of sp³-hybridized carbons (Fsp3) is 0.458. The molecule has 35 heavy (non-hydrogen) atoms. The third kappa shape index (κ3) is 4.46. The quantitative estimate of drug-likeness (QED) is 0.456. The summed E-state index contributed by atoms with van der Waals surface area (Å²) in [7, 11) is -4.04. The molecule has 0 aliphatic heterocycles. The Bertz CT molecular complexity index is 1260. The van der Waals surface area contributed by atoms with Gasteiger partial charge in [-0.25, -0.2) is 17.2 Å². The van der Waals surface area contributed by atoms with Crippen molar-refractivity contribution in [2.24, 2.45) is 17.8 Å². The van der Waals surface area contributed by atoms with Crippen LogP contribution in [-0.4, -0.2) is 53.2 Å². The van der Waals surface area contributed by atoms with Gasteiger partial charge in [0, 0.05) is 17.3 Å². The molecule has 2 saturated carbocycles. The van der Waals surface area contributed by atoms with Crippen LogP contribution in [0.15, 0.2) is 41.3 Å². The molecule has 0 spiro atoms. The van der Waals surface area contributed by atoms with E-state index in [1.54, 1.807) is 0 Å². The molecule has 0 heterocycles. The molecular weight excluding hydrogens is 504 g/mol. The molecule has 1 amide bonds. The van der Waals surface area contributed by atoms with Crippen LogP contribution in [0.3, 0.4) is 0 Å². The Labute approximate surface area is 206 Å². The Hall–Kier alpha value is -2.11. The summed E-state index contributed by atoms with van der Waals surface area (Å²) in [5.74, 6) is -4.08. The largest absolute Gasteiger partial charge is 0.394 e. The zero-order valence-corrected chi connectivity index (χ0v) is 20.4. The van der Waals surface area contributed by atoms with E-state index in [0.717, 1.165) is 18.2 Å². The van der Waals surface area contributed by atoms with Crippen LogP contribution in [0.4, 0.5) is 14.5 Å². The number of amides is 1. The monoisotopic (exact) mass is 529 g/mol. The molecule has 4 rings (SSSR count). The number of halogens is 3. The van der Waals surface area contributed by atoms with Gasteiger partial charge >= 0.3 is 0 Å². The molecule has 2 fully saturated rings. The van der Waals surface area contributed by atoms with Crippen molar-refractivity contribution >= 4 is 33.0 Å². The molecule has 0 aromatic heterocycles. The highest BCUT2D eigenvalue weighted by Crippen LogP contribution is 2.56. The fourth-order valence-corrected chi connectivity index (χ4v) is 8.08. The Balaban J connectivity index is 1.61. The third-order valence-electron chi connectivity index (χ3n) is 7.48. The Morgan fingerprint density at radius 2 is 1.89 bits per heavy atom. The van der Waals surface area contributed by atoms with Gasteiger partial charge in [-0.1, -0.05) is 18.5 Å². The van der Waals surface area contributed by atoms with Crippen molar-refractivity contribution < 1.29 is 37.3 Å². The van der Waals surface area contributed by atoms with Crippen molar-refractivity contribution in [1.29, 1.82) is 0 Å². The van der Waals surface area contributed by atoms with Crippen molar-refractivity contribution in [3.05, 3.63) is 58.6 Å². The van der Waals surface area contributed by atoms with Crippen molar-refractivity contribution in [3.8, 4) is 0 Å². The molecule has 190 valence electrons. The summed E-state index contributed by atoms with van der Waals surface area (Å²) < 4.78 is 53.8. The average molecular weight is 530 g/mol. The second-order valence-electron chi connectivity index (χ2n) is 9.47. The van der Waals surface area contributed by atoms with Crippen LogP contribution in [0.5, 0.6) is 0 Å². The van der Waals surface area contributed by atoms with Crippen molar-refractivity contribution in [2.75, 3.05) is 11.9 Å². The predicted molar refractivity (Wildman–Crippen MR) is 125 cm³/mol. The number of rotatable bonds is 6. The molecule has 2 aromatic rings. The lowest BCUT2D eigenvalue weighted by molar-refractivity contribution is -0.157. The lowest BCUT2D eigenvalue weighted by Crippen LogP contribution is -2.57. The summed E-state index contributed by atoms with van der Waals surface area (Å²) in [6.07, 6.45) is -0.736. The van der Waals surface area contributed by atoms with Crippen molar-refractivity contribution in [1.82, 2.24) is 0 Å². The van der Waals surface area contributed by atoms with Crippen LogP contribution in [0, 0.1) is 29.4 Å². The first-order valence-corrected chi connectivity index (χ1v) is 13.1. The summed E-state index contributed by atoms with van der Waals surface area (Å²) in [4.78, 5) is 12.4. The van der Waals surface area contributed by atoms with Crippen LogP contribution >= 0.6 is 11.6 Å². The van der Waals surface area contributed by atoms with E-state index in [-0.39, 0.29) is 39.9 Å². The summed E-state index contributed by atoms with van der Waals surface area (Å²) >= 11 is 6.22. The van der Waals surface area contributed by atoms with E-state index in [1.807, 2.05) is 6.92 Å². The first-order chi connectivity index (χ1) is 16.4. The number of nitrogens with one attached hydrogen (secondary N) is 1. The maximum atomic E-state index is 13.6. The van der Waals surface area contributed by atoms with Gasteiger partial charge in [-0.3, -0.25) is 4.79 Å². The van der Waals surface area contributed by atoms with Gasteiger partial charge in [0.1, 0.15) is 6.10 Å². The van der Waals surface area contributed by atoms with E-state index in [9.17, 15) is 37.3 Å². The van der Waals surface area contributed by atoms with Gasteiger partial charge < -0.3 is 20.6 Å². The minimum absolute atomic E-state index is 0.00664. The topological polar surface area (TPSA) is 124 Å². The minimum atomic E-state index is -4.04. The summed E-state index contributed by atoms with van der Waals surface area (Å²) in [5.41, 5.74) is -1.62. The lowest BCUT2D eigenvalue weighted by atomic mass is 9.70. The Morgan fingerprint density at radius 3 is 2.51 bits per heavy atom. The van der Waals surface area contributed by atoms with E-state index >= 15 is 0 Å². The van der Waals surface area contributed by atoms with Crippen LogP contribution < -0.4 is 5.32 Å². The van der Waals surface area contributed by atoms with Crippen LogP contribution in [0.2, 0.25) is 5.02 Å². The Morgan fingerprint density at radius 1 is 1.17 bits per heavy atom. The number of benzene rings is 2. The fourth-order valence-electron chi connectivity index (χ4n) is 5.70. The highest BCUT2D eigenvalue weighted by molar-refractivity contribution is 7.92. The predicted octanol–water partition coefficient (Wildman–Crippen LogP) is 3.16. The zero-order valence-electron chi connectivity index (χ0n) is 18.8. The van der Waals surface area contributed by atoms with Gasteiger partial charge in [-0.15, -0.1) is 0 Å². The van der Waals surface area contributed by atoms with E-state index < -0.39 is 62.8 Å². The summed E-state index contributed by atoms with van der Waals surface area (Å²) in [5, 5.41) is 32.3. The number of hydrogen-bond acceptors (Lipinski definition) is 6. The van der Waals surface area contributed by atoms with E-state index in [0.29, 0.717) is 6.42 Å². The van der Waals surface area contributed by atoms with Crippen molar-refractivity contribution in [2.45, 2.75) is 48.0 Å². The van der Waals surface area contributed by atoms with E-state index in [4.69, 9.17) is 11.6 Å². The maximum Gasteiger partial charge on any atom is 0.255 e. The highest BCUT2D eigenvalue weighted by atomic mass is 35.5. The Kier molecular flexibility index (Phi) is 6.98. The van der Waals surface area contributed by atoms with Gasteiger partial charge in [-0.2, -0.15) is 0 Å². The first-order valence-electron chi connectivity index (χ1n) is 11.2. The molecule has 2 aliphatic carbocycles. The van der Waals surface area contributed by atoms with Gasteiger partial charge in [0.05, 0.1) is 27.4 Å². The van der Waals surface area contributed by atoms with Crippen molar-refractivity contribution in [3.63, 3.8) is 0 Å². The molecule has 2 unspecified atom stereocenters. The number of hydrogen-bond donors (Lipinski definition) is 4. The number of carbonyl (C=O) groups excluding carboxylic acids is 1. The van der Waals surface area contributed by atoms with Gasteiger partial charge in [0.15, 0.2) is 21.5 Å². The molecule has 11 heteroatoms. The second-order valence-corrected chi connectivity index (χ2v) is 12.1. The number of sulfone groups is 1. The molecular formula is C24H26ClF2NO6S. The van der Waals surface area contributed by atoms with Crippen LogP contribution in [-0.2, 0) is 9.84 Å². The summed E-state index contributed by atoms with van der Waals surface area (Å²) in [6, 6.07) is 6.57. The highest BCUT2D eigenvalue weighted by Gasteiger charge is 2.61. The summed E-state index contributed by atoms with van der Waals surface area (Å²) in [6.45, 7) is 1.25. The van der Waals surface area contributed by atoms with Crippen LogP contribution in [0.25, 0.3) is 0 Å². The normalized spacial score (nSPS) is 29.1. The molecule has 2 aromatic carbocycles. The molecule has 0 saturated heterocycles. The van der Waals surface area contributed by atoms with Gasteiger partial charge in [0.25, 0.3) is 5.91 Å². The second kappa shape index (κ2) is 9.40. The van der Waals surface area contributed by atoms with E-state index in [2.05, 4.69) is 5.32 Å². The van der Waals surface area contributed by atoms with Crippen LogP contribution in [0.1, 0.15) is 36.5 Å². The molecule has 7 nitrogen and oxygen atoms in total. The zero-order chi connectivity index (χ0) is 25.7. The molecule has 2 bridgehead atoms.